The second kappa shape index (κ2) is 5.50. The van der Waals surface area contributed by atoms with Crippen molar-refractivity contribution >= 4 is 29.0 Å². The Labute approximate surface area is 110 Å². The largest absolute Gasteiger partial charge is 0.375 e. The van der Waals surface area contributed by atoms with Gasteiger partial charge in [-0.15, -0.1) is 11.6 Å². The topological polar surface area (TPSA) is 46.6 Å². The molecule has 0 bridgehead atoms. The lowest BCUT2D eigenvalue weighted by molar-refractivity contribution is -0.122. The molecule has 0 aromatic heterocycles. The van der Waals surface area contributed by atoms with Crippen molar-refractivity contribution in [3.05, 3.63) is 29.3 Å². The average molecular weight is 268 g/mol. The van der Waals surface area contributed by atoms with E-state index in [9.17, 15) is 9.59 Å². The summed E-state index contributed by atoms with van der Waals surface area (Å²) in [6.07, 6.45) is 0.758. The van der Waals surface area contributed by atoms with E-state index < -0.39 is 0 Å². The third-order valence-electron chi connectivity index (χ3n) is 2.99. The molecule has 96 valence electrons. The molecule has 0 unspecified atom stereocenters. The van der Waals surface area contributed by atoms with Gasteiger partial charge in [-0.2, -0.15) is 0 Å². The number of alkyl halides is 1. The summed E-state index contributed by atoms with van der Waals surface area (Å²) in [5.41, 5.74) is 2.48. The summed E-state index contributed by atoms with van der Waals surface area (Å²) >= 11 is 5.53. The lowest BCUT2D eigenvalue weighted by atomic mass is 10.1. The number of carbonyl (C=O) groups excluding carboxylic acids is 2. The van der Waals surface area contributed by atoms with Gasteiger partial charge in [0.2, 0.25) is 0 Å². The van der Waals surface area contributed by atoms with Crippen LogP contribution >= 0.6 is 11.6 Å². The molecule has 0 saturated carbocycles. The van der Waals surface area contributed by atoms with Crippen LogP contribution in [0.5, 0.6) is 0 Å². The van der Waals surface area contributed by atoms with E-state index in [-0.39, 0.29) is 24.2 Å². The zero-order valence-electron chi connectivity index (χ0n) is 10.1. The number of anilines is 1. The molecular formula is C13H14ClNO3. The van der Waals surface area contributed by atoms with E-state index in [0.29, 0.717) is 12.1 Å². The van der Waals surface area contributed by atoms with Gasteiger partial charge in [-0.1, -0.05) is 0 Å². The van der Waals surface area contributed by atoms with Crippen LogP contribution in [0.25, 0.3) is 0 Å². The normalized spacial score (nSPS) is 13.6. The summed E-state index contributed by atoms with van der Waals surface area (Å²) in [4.78, 5) is 25.0. The molecule has 0 fully saturated rings. The number of rotatable bonds is 4. The van der Waals surface area contributed by atoms with Crippen LogP contribution in [0, 0.1) is 0 Å². The average Bonchev–Trinajstić information content (AvgIpc) is 2.80. The summed E-state index contributed by atoms with van der Waals surface area (Å²) < 4.78 is 4.85. The van der Waals surface area contributed by atoms with Gasteiger partial charge >= 0.3 is 0 Å². The maximum Gasteiger partial charge on any atom is 0.252 e. The molecule has 0 spiro atoms. The van der Waals surface area contributed by atoms with Crippen LogP contribution in [0.2, 0.25) is 0 Å². The first kappa shape index (κ1) is 13.1. The Morgan fingerprint density at radius 1 is 1.44 bits per heavy atom. The SMILES string of the molecule is COCC(=O)N1CCc2cc(C(=O)CCl)ccc21. The third kappa shape index (κ3) is 2.40. The Bertz CT molecular complexity index is 487. The number of nitrogens with zero attached hydrogens (tertiary/aromatic N) is 1. The summed E-state index contributed by atoms with van der Waals surface area (Å²) in [6.45, 7) is 0.706. The van der Waals surface area contributed by atoms with Gasteiger partial charge in [0.25, 0.3) is 5.91 Å². The van der Waals surface area contributed by atoms with Crippen molar-refractivity contribution in [3.63, 3.8) is 0 Å². The zero-order chi connectivity index (χ0) is 13.1. The van der Waals surface area contributed by atoms with E-state index >= 15 is 0 Å². The summed E-state index contributed by atoms with van der Waals surface area (Å²) in [6, 6.07) is 5.33. The van der Waals surface area contributed by atoms with Crippen LogP contribution in [0.1, 0.15) is 15.9 Å². The van der Waals surface area contributed by atoms with E-state index in [1.54, 1.807) is 17.0 Å². The third-order valence-corrected chi connectivity index (χ3v) is 3.23. The lowest BCUT2D eigenvalue weighted by Crippen LogP contribution is -2.31. The van der Waals surface area contributed by atoms with E-state index in [0.717, 1.165) is 17.7 Å². The lowest BCUT2D eigenvalue weighted by Gasteiger charge is -2.16. The van der Waals surface area contributed by atoms with Crippen molar-refractivity contribution in [1.29, 1.82) is 0 Å². The number of ketones is 1. The van der Waals surface area contributed by atoms with Crippen LogP contribution in [0.3, 0.4) is 0 Å². The van der Waals surface area contributed by atoms with E-state index in [1.807, 2.05) is 6.07 Å². The van der Waals surface area contributed by atoms with E-state index in [4.69, 9.17) is 16.3 Å². The van der Waals surface area contributed by atoms with Crippen molar-refractivity contribution in [1.82, 2.24) is 0 Å². The van der Waals surface area contributed by atoms with Gasteiger partial charge < -0.3 is 9.64 Å². The van der Waals surface area contributed by atoms with Gasteiger partial charge in [-0.25, -0.2) is 0 Å². The number of halogens is 1. The molecule has 2 rings (SSSR count). The second-order valence-electron chi connectivity index (χ2n) is 4.13. The number of amides is 1. The van der Waals surface area contributed by atoms with Gasteiger partial charge in [-0.3, -0.25) is 9.59 Å². The first-order valence-electron chi connectivity index (χ1n) is 5.68. The molecular weight excluding hydrogens is 254 g/mol. The monoisotopic (exact) mass is 267 g/mol. The number of carbonyl (C=O) groups is 2. The number of fused-ring (bicyclic) bond motifs is 1. The first-order valence-corrected chi connectivity index (χ1v) is 6.22. The highest BCUT2D eigenvalue weighted by molar-refractivity contribution is 6.30. The molecule has 0 aliphatic carbocycles. The fraction of sp³-hybridized carbons (Fsp3) is 0.385. The highest BCUT2D eigenvalue weighted by atomic mass is 35.5. The molecule has 1 aliphatic heterocycles. The molecule has 1 aromatic rings. The number of hydrogen-bond acceptors (Lipinski definition) is 3. The zero-order valence-corrected chi connectivity index (χ0v) is 10.9. The van der Waals surface area contributed by atoms with Crippen molar-refractivity contribution < 1.29 is 14.3 Å². The van der Waals surface area contributed by atoms with Crippen LogP contribution in [0.15, 0.2) is 18.2 Å². The Morgan fingerprint density at radius 3 is 2.89 bits per heavy atom. The maximum atomic E-state index is 11.8. The molecule has 4 nitrogen and oxygen atoms in total. The number of hydrogen-bond donors (Lipinski definition) is 0. The molecule has 1 heterocycles. The van der Waals surface area contributed by atoms with Crippen LogP contribution in [-0.2, 0) is 16.0 Å². The van der Waals surface area contributed by atoms with Crippen molar-refractivity contribution in [2.45, 2.75) is 6.42 Å². The predicted octanol–water partition coefficient (Wildman–Crippen LogP) is 1.64. The van der Waals surface area contributed by atoms with Gasteiger partial charge in [0.1, 0.15) is 6.61 Å². The van der Waals surface area contributed by atoms with E-state index in [1.165, 1.54) is 7.11 Å². The van der Waals surface area contributed by atoms with E-state index in [2.05, 4.69) is 0 Å². The standard InChI is InChI=1S/C13H14ClNO3/c1-18-8-13(17)15-5-4-9-6-10(12(16)7-14)2-3-11(9)15/h2-3,6H,4-5,7-8H2,1H3. The minimum atomic E-state index is -0.0962. The molecule has 0 radical (unpaired) electrons. The van der Waals surface area contributed by atoms with Crippen LogP contribution < -0.4 is 4.90 Å². The predicted molar refractivity (Wildman–Crippen MR) is 69.4 cm³/mol. The Hall–Kier alpha value is -1.39. The quantitative estimate of drug-likeness (QED) is 0.615. The molecule has 1 aromatic carbocycles. The minimum absolute atomic E-state index is 0.0227. The Morgan fingerprint density at radius 2 is 2.22 bits per heavy atom. The number of Topliss-reactive ketones (excluding diaryl/α,β-unsaturated/α-hetero) is 1. The van der Waals surface area contributed by atoms with Gasteiger partial charge in [0, 0.05) is 24.9 Å². The van der Waals surface area contributed by atoms with Gasteiger partial charge in [-0.05, 0) is 30.2 Å². The van der Waals surface area contributed by atoms with Gasteiger partial charge in [0.05, 0.1) is 5.88 Å². The summed E-state index contributed by atoms with van der Waals surface area (Å²) in [5.74, 6) is -0.181. The molecule has 1 aliphatic rings. The molecule has 5 heteroatoms. The second-order valence-corrected chi connectivity index (χ2v) is 4.40. The summed E-state index contributed by atoms with van der Waals surface area (Å²) in [7, 11) is 1.50. The van der Waals surface area contributed by atoms with Gasteiger partial charge in [0.15, 0.2) is 5.78 Å². The number of ether oxygens (including phenoxy) is 1. The highest BCUT2D eigenvalue weighted by Gasteiger charge is 2.25. The smallest absolute Gasteiger partial charge is 0.252 e. The van der Waals surface area contributed by atoms with Crippen LogP contribution in [-0.4, -0.2) is 37.8 Å². The van der Waals surface area contributed by atoms with Crippen molar-refractivity contribution in [2.75, 3.05) is 31.0 Å². The maximum absolute atomic E-state index is 11.8. The first-order chi connectivity index (χ1) is 8.67. The molecule has 1 amide bonds. The molecule has 18 heavy (non-hydrogen) atoms. The minimum Gasteiger partial charge on any atom is -0.375 e. The Kier molecular flexibility index (Phi) is 3.99. The van der Waals surface area contributed by atoms with Crippen LogP contribution in [0.4, 0.5) is 5.69 Å². The molecule has 0 saturated heterocycles. The molecule has 0 N–H and O–H groups in total. The van der Waals surface area contributed by atoms with Crippen molar-refractivity contribution in [2.24, 2.45) is 0 Å². The molecule has 0 atom stereocenters. The fourth-order valence-electron chi connectivity index (χ4n) is 2.11. The Balaban J connectivity index is 2.25. The number of methoxy groups -OCH3 is 1. The fourth-order valence-corrected chi connectivity index (χ4v) is 2.27. The summed E-state index contributed by atoms with van der Waals surface area (Å²) in [5, 5.41) is 0. The highest BCUT2D eigenvalue weighted by Crippen LogP contribution is 2.29. The number of benzene rings is 1. The van der Waals surface area contributed by atoms with Crippen molar-refractivity contribution in [3.8, 4) is 0 Å².